The molecule has 0 saturated heterocycles. The number of nitrogens with one attached hydrogen (secondary N) is 1. The van der Waals surface area contributed by atoms with E-state index in [-0.39, 0.29) is 0 Å². The molecule has 0 spiro atoms. The van der Waals surface area contributed by atoms with Crippen LogP contribution >= 0.6 is 11.6 Å². The highest BCUT2D eigenvalue weighted by atomic mass is 35.5. The summed E-state index contributed by atoms with van der Waals surface area (Å²) in [7, 11) is 0. The standard InChI is InChI=1S/C14H23ClN2O/c1-2-18-14-7-6-13(15)10-12(14)11-17-9-5-3-4-8-16/h6-7,10,17H,2-5,8-9,11,16H2,1H3. The topological polar surface area (TPSA) is 47.3 Å². The minimum atomic E-state index is 0.672. The van der Waals surface area contributed by atoms with Crippen LogP contribution in [0.5, 0.6) is 5.75 Å². The summed E-state index contributed by atoms with van der Waals surface area (Å²) in [5, 5.41) is 4.16. The second kappa shape index (κ2) is 9.20. The highest BCUT2D eigenvalue weighted by Gasteiger charge is 2.03. The molecule has 1 rings (SSSR count). The van der Waals surface area contributed by atoms with Gasteiger partial charge in [0.15, 0.2) is 0 Å². The van der Waals surface area contributed by atoms with E-state index in [4.69, 9.17) is 22.1 Å². The van der Waals surface area contributed by atoms with Crippen molar-refractivity contribution >= 4 is 11.6 Å². The molecular weight excluding hydrogens is 248 g/mol. The maximum absolute atomic E-state index is 6.00. The quantitative estimate of drug-likeness (QED) is 0.678. The van der Waals surface area contributed by atoms with Crippen LogP contribution in [-0.4, -0.2) is 19.7 Å². The van der Waals surface area contributed by atoms with E-state index < -0.39 is 0 Å². The summed E-state index contributed by atoms with van der Waals surface area (Å²) in [5.74, 6) is 0.913. The number of nitrogens with two attached hydrogens (primary N) is 1. The lowest BCUT2D eigenvalue weighted by Gasteiger charge is -2.11. The third-order valence-corrected chi connectivity index (χ3v) is 2.93. The van der Waals surface area contributed by atoms with Gasteiger partial charge in [0, 0.05) is 17.1 Å². The molecule has 0 aliphatic rings. The van der Waals surface area contributed by atoms with Gasteiger partial charge in [0.25, 0.3) is 0 Å². The molecule has 0 heterocycles. The Hall–Kier alpha value is -0.770. The molecule has 3 nitrogen and oxygen atoms in total. The van der Waals surface area contributed by atoms with Gasteiger partial charge in [0.1, 0.15) is 5.75 Å². The van der Waals surface area contributed by atoms with Crippen molar-refractivity contribution < 1.29 is 4.74 Å². The van der Waals surface area contributed by atoms with Crippen molar-refractivity contribution in [2.75, 3.05) is 19.7 Å². The van der Waals surface area contributed by atoms with Crippen molar-refractivity contribution in [3.8, 4) is 5.75 Å². The fourth-order valence-electron chi connectivity index (χ4n) is 1.78. The fourth-order valence-corrected chi connectivity index (χ4v) is 1.97. The summed E-state index contributed by atoms with van der Waals surface area (Å²) in [6.07, 6.45) is 3.43. The predicted molar refractivity (Wildman–Crippen MR) is 77.2 cm³/mol. The molecule has 0 unspecified atom stereocenters. The summed E-state index contributed by atoms with van der Waals surface area (Å²) in [6, 6.07) is 5.74. The number of hydrogen-bond acceptors (Lipinski definition) is 3. The van der Waals surface area contributed by atoms with Crippen molar-refractivity contribution in [2.24, 2.45) is 5.73 Å². The number of unbranched alkanes of at least 4 members (excludes halogenated alkanes) is 2. The van der Waals surface area contributed by atoms with Gasteiger partial charge in [-0.3, -0.25) is 0 Å². The van der Waals surface area contributed by atoms with Gasteiger partial charge >= 0.3 is 0 Å². The average molecular weight is 271 g/mol. The zero-order valence-corrected chi connectivity index (χ0v) is 11.8. The Morgan fingerprint density at radius 3 is 2.83 bits per heavy atom. The van der Waals surface area contributed by atoms with E-state index in [1.165, 1.54) is 6.42 Å². The Morgan fingerprint density at radius 2 is 2.11 bits per heavy atom. The lowest BCUT2D eigenvalue weighted by Crippen LogP contribution is -2.15. The molecule has 0 bridgehead atoms. The fraction of sp³-hybridized carbons (Fsp3) is 0.571. The molecule has 0 saturated carbocycles. The van der Waals surface area contributed by atoms with Gasteiger partial charge in [-0.05, 0) is 51.1 Å². The van der Waals surface area contributed by atoms with E-state index in [0.29, 0.717) is 6.61 Å². The highest BCUT2D eigenvalue weighted by Crippen LogP contribution is 2.22. The first kappa shape index (κ1) is 15.3. The van der Waals surface area contributed by atoms with Crippen LogP contribution in [0.15, 0.2) is 18.2 Å². The summed E-state index contributed by atoms with van der Waals surface area (Å²) in [6.45, 7) is 5.23. The summed E-state index contributed by atoms with van der Waals surface area (Å²) in [5.41, 5.74) is 6.57. The second-order valence-corrected chi connectivity index (χ2v) is 4.65. The monoisotopic (exact) mass is 270 g/mol. The Bertz CT molecular complexity index is 345. The molecule has 0 atom stereocenters. The number of ether oxygens (including phenoxy) is 1. The molecule has 0 amide bonds. The molecule has 0 aliphatic carbocycles. The molecule has 102 valence electrons. The van der Waals surface area contributed by atoms with Crippen molar-refractivity contribution in [3.05, 3.63) is 28.8 Å². The van der Waals surface area contributed by atoms with Crippen LogP contribution in [0.4, 0.5) is 0 Å². The third-order valence-electron chi connectivity index (χ3n) is 2.70. The smallest absolute Gasteiger partial charge is 0.123 e. The van der Waals surface area contributed by atoms with E-state index >= 15 is 0 Å². The Morgan fingerprint density at radius 1 is 1.28 bits per heavy atom. The summed E-state index contributed by atoms with van der Waals surface area (Å²) in [4.78, 5) is 0. The summed E-state index contributed by atoms with van der Waals surface area (Å²) < 4.78 is 5.57. The van der Waals surface area contributed by atoms with Gasteiger partial charge in [0.2, 0.25) is 0 Å². The lowest BCUT2D eigenvalue weighted by molar-refractivity contribution is 0.335. The minimum absolute atomic E-state index is 0.672. The van der Waals surface area contributed by atoms with Crippen LogP contribution in [0, 0.1) is 0 Å². The first-order valence-corrected chi connectivity index (χ1v) is 6.97. The van der Waals surface area contributed by atoms with Crippen LogP contribution in [0.3, 0.4) is 0 Å². The first-order valence-electron chi connectivity index (χ1n) is 6.60. The molecule has 4 heteroatoms. The lowest BCUT2D eigenvalue weighted by atomic mass is 10.2. The average Bonchev–Trinajstić information content (AvgIpc) is 2.37. The van der Waals surface area contributed by atoms with Crippen molar-refractivity contribution in [1.82, 2.24) is 5.32 Å². The van der Waals surface area contributed by atoms with Gasteiger partial charge in [-0.1, -0.05) is 18.0 Å². The van der Waals surface area contributed by atoms with E-state index in [1.807, 2.05) is 25.1 Å². The second-order valence-electron chi connectivity index (χ2n) is 4.21. The number of hydrogen-bond donors (Lipinski definition) is 2. The van der Waals surface area contributed by atoms with Crippen LogP contribution in [-0.2, 0) is 6.54 Å². The molecule has 18 heavy (non-hydrogen) atoms. The third kappa shape index (κ3) is 5.71. The van der Waals surface area contributed by atoms with Gasteiger partial charge in [-0.15, -0.1) is 0 Å². The van der Waals surface area contributed by atoms with E-state index in [2.05, 4.69) is 5.32 Å². The van der Waals surface area contributed by atoms with Crippen LogP contribution in [0.1, 0.15) is 31.7 Å². The zero-order chi connectivity index (χ0) is 13.2. The molecule has 0 radical (unpaired) electrons. The predicted octanol–water partition coefficient (Wildman–Crippen LogP) is 2.96. The first-order chi connectivity index (χ1) is 8.77. The van der Waals surface area contributed by atoms with E-state index in [1.54, 1.807) is 0 Å². The number of rotatable bonds is 9. The maximum atomic E-state index is 6.00. The molecule has 1 aromatic rings. The van der Waals surface area contributed by atoms with E-state index in [0.717, 1.165) is 48.8 Å². The zero-order valence-electron chi connectivity index (χ0n) is 11.0. The molecule has 0 aromatic heterocycles. The van der Waals surface area contributed by atoms with Crippen molar-refractivity contribution in [3.63, 3.8) is 0 Å². The Balaban J connectivity index is 2.37. The van der Waals surface area contributed by atoms with Gasteiger partial charge < -0.3 is 15.8 Å². The van der Waals surface area contributed by atoms with Crippen molar-refractivity contribution in [2.45, 2.75) is 32.7 Å². The number of benzene rings is 1. The SMILES string of the molecule is CCOc1ccc(Cl)cc1CNCCCCCN. The maximum Gasteiger partial charge on any atom is 0.123 e. The number of halogens is 1. The Kier molecular flexibility index (Phi) is 7.81. The van der Waals surface area contributed by atoms with Crippen LogP contribution in [0.25, 0.3) is 0 Å². The normalized spacial score (nSPS) is 10.6. The summed E-state index contributed by atoms with van der Waals surface area (Å²) >= 11 is 6.00. The minimum Gasteiger partial charge on any atom is -0.494 e. The molecule has 3 N–H and O–H groups in total. The van der Waals surface area contributed by atoms with Crippen LogP contribution < -0.4 is 15.8 Å². The molecule has 1 aromatic carbocycles. The van der Waals surface area contributed by atoms with E-state index in [9.17, 15) is 0 Å². The highest BCUT2D eigenvalue weighted by molar-refractivity contribution is 6.30. The molecule has 0 aliphatic heterocycles. The molecular formula is C14H23ClN2O. The Labute approximate surface area is 115 Å². The van der Waals surface area contributed by atoms with Crippen LogP contribution in [0.2, 0.25) is 5.02 Å². The van der Waals surface area contributed by atoms with Gasteiger partial charge in [0.05, 0.1) is 6.61 Å². The largest absolute Gasteiger partial charge is 0.494 e. The van der Waals surface area contributed by atoms with Crippen molar-refractivity contribution in [1.29, 1.82) is 0 Å². The molecule has 0 fully saturated rings. The van der Waals surface area contributed by atoms with Gasteiger partial charge in [-0.25, -0.2) is 0 Å². The van der Waals surface area contributed by atoms with Gasteiger partial charge in [-0.2, -0.15) is 0 Å².